The smallest absolute Gasteiger partial charge is 0.317 e. The van der Waals surface area contributed by atoms with E-state index < -0.39 is 11.9 Å². The van der Waals surface area contributed by atoms with Crippen molar-refractivity contribution < 1.29 is 24.2 Å². The van der Waals surface area contributed by atoms with Crippen LogP contribution in [0.1, 0.15) is 19.8 Å². The zero-order chi connectivity index (χ0) is 15.2. The van der Waals surface area contributed by atoms with Crippen molar-refractivity contribution in [2.24, 2.45) is 11.8 Å². The highest BCUT2D eigenvalue weighted by atomic mass is 16.5. The largest absolute Gasteiger partial charge is 0.481 e. The lowest BCUT2D eigenvalue weighted by atomic mass is 10.0. The summed E-state index contributed by atoms with van der Waals surface area (Å²) < 4.78 is 10.5. The topological polar surface area (TPSA) is 88.1 Å². The summed E-state index contributed by atoms with van der Waals surface area (Å²) in [5, 5.41) is 12.1. The molecule has 2 aliphatic heterocycles. The Hall–Kier alpha value is -1.34. The first-order chi connectivity index (χ1) is 10.1. The average molecular weight is 300 g/mol. The maximum absolute atomic E-state index is 12.2. The fourth-order valence-electron chi connectivity index (χ4n) is 2.91. The van der Waals surface area contributed by atoms with Gasteiger partial charge in [0.1, 0.15) is 5.92 Å². The summed E-state index contributed by atoms with van der Waals surface area (Å²) in [5.41, 5.74) is 0. The number of amides is 2. The summed E-state index contributed by atoms with van der Waals surface area (Å²) >= 11 is 0. The van der Waals surface area contributed by atoms with Gasteiger partial charge in [-0.25, -0.2) is 4.79 Å². The van der Waals surface area contributed by atoms with E-state index in [1.807, 2.05) is 6.92 Å². The molecule has 7 heteroatoms. The Labute approximate surface area is 124 Å². The molecular formula is C14H24N2O5. The molecular weight excluding hydrogens is 276 g/mol. The molecule has 2 heterocycles. The first-order valence-electron chi connectivity index (χ1n) is 7.56. The number of hydrogen-bond acceptors (Lipinski definition) is 4. The Morgan fingerprint density at radius 2 is 2.10 bits per heavy atom. The lowest BCUT2D eigenvalue weighted by molar-refractivity contribution is -0.142. The van der Waals surface area contributed by atoms with E-state index in [1.54, 1.807) is 4.90 Å². The van der Waals surface area contributed by atoms with E-state index in [0.717, 1.165) is 26.1 Å². The van der Waals surface area contributed by atoms with Crippen LogP contribution in [0.2, 0.25) is 0 Å². The second kappa shape index (κ2) is 7.61. The summed E-state index contributed by atoms with van der Waals surface area (Å²) in [6, 6.07) is -0.597. The molecule has 0 saturated carbocycles. The molecule has 2 aliphatic rings. The molecule has 3 atom stereocenters. The summed E-state index contributed by atoms with van der Waals surface area (Å²) in [5.74, 6) is -1.03. The van der Waals surface area contributed by atoms with Crippen molar-refractivity contribution in [3.8, 4) is 0 Å². The van der Waals surface area contributed by atoms with Crippen LogP contribution in [-0.4, -0.2) is 67.6 Å². The van der Waals surface area contributed by atoms with Gasteiger partial charge < -0.3 is 24.8 Å². The van der Waals surface area contributed by atoms with E-state index in [2.05, 4.69) is 5.32 Å². The Morgan fingerprint density at radius 3 is 2.71 bits per heavy atom. The third kappa shape index (κ3) is 4.07. The minimum absolute atomic E-state index is 0.170. The van der Waals surface area contributed by atoms with Gasteiger partial charge in [-0.3, -0.25) is 4.79 Å². The molecule has 2 fully saturated rings. The van der Waals surface area contributed by atoms with Gasteiger partial charge in [-0.2, -0.15) is 0 Å². The number of carboxylic acid groups (broad SMARTS) is 1. The van der Waals surface area contributed by atoms with Gasteiger partial charge in [0.25, 0.3) is 0 Å². The monoisotopic (exact) mass is 300 g/mol. The Bertz CT molecular complexity index is 370. The lowest BCUT2D eigenvalue weighted by Crippen LogP contribution is -2.50. The molecule has 2 N–H and O–H groups in total. The van der Waals surface area contributed by atoms with Gasteiger partial charge in [-0.1, -0.05) is 0 Å². The molecule has 0 aliphatic carbocycles. The van der Waals surface area contributed by atoms with Crippen LogP contribution in [0.5, 0.6) is 0 Å². The third-order valence-corrected chi connectivity index (χ3v) is 4.22. The number of nitrogens with zero attached hydrogens (tertiary/aromatic N) is 1. The van der Waals surface area contributed by atoms with Crippen molar-refractivity contribution in [3.63, 3.8) is 0 Å². The van der Waals surface area contributed by atoms with E-state index in [4.69, 9.17) is 9.47 Å². The molecule has 21 heavy (non-hydrogen) atoms. The maximum atomic E-state index is 12.2. The summed E-state index contributed by atoms with van der Waals surface area (Å²) in [6.45, 7) is 4.94. The van der Waals surface area contributed by atoms with Crippen LogP contribution in [0.3, 0.4) is 0 Å². The fourth-order valence-corrected chi connectivity index (χ4v) is 2.91. The Kier molecular flexibility index (Phi) is 5.81. The predicted molar refractivity (Wildman–Crippen MR) is 75.1 cm³/mol. The number of ether oxygens (including phenoxy) is 2. The number of hydrogen-bond donors (Lipinski definition) is 2. The van der Waals surface area contributed by atoms with Crippen molar-refractivity contribution in [2.75, 3.05) is 39.5 Å². The predicted octanol–water partition coefficient (Wildman–Crippen LogP) is 0.544. The van der Waals surface area contributed by atoms with Crippen LogP contribution >= 0.6 is 0 Å². The summed E-state index contributed by atoms with van der Waals surface area (Å²) in [6.07, 6.45) is 1.94. The molecule has 0 aromatic heterocycles. The summed E-state index contributed by atoms with van der Waals surface area (Å²) in [4.78, 5) is 25.0. The molecule has 0 aromatic rings. The minimum atomic E-state index is -0.910. The van der Waals surface area contributed by atoms with E-state index in [0.29, 0.717) is 19.0 Å². The zero-order valence-corrected chi connectivity index (χ0v) is 12.4. The van der Waals surface area contributed by atoms with Crippen LogP contribution < -0.4 is 5.32 Å². The molecule has 0 radical (unpaired) electrons. The molecule has 120 valence electrons. The SMILES string of the molecule is CCN(C(=O)NCCC1CCOC1)C1COCC1C(=O)O. The van der Waals surface area contributed by atoms with E-state index in [-0.39, 0.29) is 25.3 Å². The van der Waals surface area contributed by atoms with Gasteiger partial charge in [-0.15, -0.1) is 0 Å². The van der Waals surface area contributed by atoms with Gasteiger partial charge in [0, 0.05) is 26.3 Å². The fraction of sp³-hybridized carbons (Fsp3) is 0.857. The first kappa shape index (κ1) is 16.0. The van der Waals surface area contributed by atoms with Crippen molar-refractivity contribution in [3.05, 3.63) is 0 Å². The van der Waals surface area contributed by atoms with Crippen LogP contribution in [0.25, 0.3) is 0 Å². The van der Waals surface area contributed by atoms with Crippen molar-refractivity contribution in [2.45, 2.75) is 25.8 Å². The Morgan fingerprint density at radius 1 is 1.29 bits per heavy atom. The quantitative estimate of drug-likeness (QED) is 0.747. The zero-order valence-electron chi connectivity index (χ0n) is 12.4. The van der Waals surface area contributed by atoms with Crippen molar-refractivity contribution in [1.29, 1.82) is 0 Å². The molecule has 0 aromatic carbocycles. The number of carboxylic acids is 1. The van der Waals surface area contributed by atoms with Crippen molar-refractivity contribution in [1.82, 2.24) is 10.2 Å². The van der Waals surface area contributed by atoms with Gasteiger partial charge in [0.2, 0.25) is 0 Å². The van der Waals surface area contributed by atoms with Crippen LogP contribution in [0, 0.1) is 11.8 Å². The highest BCUT2D eigenvalue weighted by Gasteiger charge is 2.39. The molecule has 2 saturated heterocycles. The number of carbonyl (C=O) groups excluding carboxylic acids is 1. The van der Waals surface area contributed by atoms with Crippen LogP contribution in [-0.2, 0) is 14.3 Å². The standard InChI is InChI=1S/C14H24N2O5/c1-2-16(12-9-21-8-11(12)13(17)18)14(19)15-5-3-10-4-6-20-7-10/h10-12H,2-9H2,1H3,(H,15,19)(H,17,18). The molecule has 0 bridgehead atoms. The van der Waals surface area contributed by atoms with Gasteiger partial charge in [-0.05, 0) is 25.7 Å². The second-order valence-corrected chi connectivity index (χ2v) is 5.59. The molecule has 3 unspecified atom stereocenters. The molecule has 2 rings (SSSR count). The number of aliphatic carboxylic acids is 1. The molecule has 0 spiro atoms. The molecule has 7 nitrogen and oxygen atoms in total. The second-order valence-electron chi connectivity index (χ2n) is 5.59. The normalized spacial score (nSPS) is 28.5. The van der Waals surface area contributed by atoms with Crippen LogP contribution in [0.4, 0.5) is 4.79 Å². The minimum Gasteiger partial charge on any atom is -0.481 e. The third-order valence-electron chi connectivity index (χ3n) is 4.22. The highest BCUT2D eigenvalue weighted by molar-refractivity contribution is 5.77. The maximum Gasteiger partial charge on any atom is 0.317 e. The number of rotatable bonds is 6. The van der Waals surface area contributed by atoms with E-state index in [9.17, 15) is 14.7 Å². The average Bonchev–Trinajstić information content (AvgIpc) is 3.10. The highest BCUT2D eigenvalue weighted by Crippen LogP contribution is 2.20. The lowest BCUT2D eigenvalue weighted by Gasteiger charge is -2.29. The summed E-state index contributed by atoms with van der Waals surface area (Å²) in [7, 11) is 0. The van der Waals surface area contributed by atoms with Gasteiger partial charge in [0.05, 0.1) is 19.3 Å². The van der Waals surface area contributed by atoms with Crippen LogP contribution in [0.15, 0.2) is 0 Å². The number of nitrogens with one attached hydrogen (secondary N) is 1. The van der Waals surface area contributed by atoms with Crippen molar-refractivity contribution >= 4 is 12.0 Å². The number of likely N-dealkylation sites (N-methyl/N-ethyl adjacent to an activating group) is 1. The van der Waals surface area contributed by atoms with Gasteiger partial charge in [0.15, 0.2) is 0 Å². The van der Waals surface area contributed by atoms with E-state index >= 15 is 0 Å². The number of carbonyl (C=O) groups is 2. The molecule has 2 amide bonds. The van der Waals surface area contributed by atoms with Gasteiger partial charge >= 0.3 is 12.0 Å². The van der Waals surface area contributed by atoms with E-state index in [1.165, 1.54) is 0 Å². The number of urea groups is 1. The Balaban J connectivity index is 1.81. The first-order valence-corrected chi connectivity index (χ1v) is 7.56.